The fourth-order valence-corrected chi connectivity index (χ4v) is 4.06. The Kier molecular flexibility index (Phi) is 3.47. The van der Waals surface area contributed by atoms with Crippen LogP contribution in [0.15, 0.2) is 71.1 Å². The van der Waals surface area contributed by atoms with Crippen LogP contribution in [0, 0.1) is 0 Å². The molecule has 2 heteroatoms. The molecule has 0 aliphatic rings. The van der Waals surface area contributed by atoms with Crippen LogP contribution in [-0.2, 0) is 0 Å². The van der Waals surface area contributed by atoms with Crippen LogP contribution in [0.1, 0.15) is 31.4 Å². The average Bonchev–Trinajstić information content (AvgIpc) is 3.08. The average molecular weight is 340 g/mol. The second-order valence-corrected chi connectivity index (χ2v) is 6.96. The molecule has 0 aliphatic carbocycles. The van der Waals surface area contributed by atoms with Crippen molar-refractivity contribution in [1.29, 1.82) is 0 Å². The van der Waals surface area contributed by atoms with Crippen LogP contribution in [0.2, 0.25) is 0 Å². The third kappa shape index (κ3) is 2.16. The van der Waals surface area contributed by atoms with E-state index in [0.717, 1.165) is 51.1 Å². The minimum Gasteiger partial charge on any atom is -0.455 e. The topological polar surface area (TPSA) is 33.4 Å². The van der Waals surface area contributed by atoms with Crippen LogP contribution >= 0.6 is 0 Å². The normalized spacial score (nSPS) is 13.2. The Morgan fingerprint density at radius 2 is 1.54 bits per heavy atom. The number of aliphatic hydroxyl groups is 1. The standard InChI is InChI=1S/C24H20O2/c1-2-7-21(25)20-14-16-9-4-5-10-17(16)22-19-13-12-15-8-3-6-11-18(15)23(19)26-24(20)22/h3-6,8-14,21,25H,2,7H2,1H3. The molecule has 5 aromatic rings. The summed E-state index contributed by atoms with van der Waals surface area (Å²) in [6, 6.07) is 23.0. The minimum atomic E-state index is -0.515. The lowest BCUT2D eigenvalue weighted by molar-refractivity contribution is 0.167. The van der Waals surface area contributed by atoms with E-state index in [9.17, 15) is 5.11 Å². The Hall–Kier alpha value is -2.84. The summed E-state index contributed by atoms with van der Waals surface area (Å²) in [5.74, 6) is 0. The zero-order valence-electron chi connectivity index (χ0n) is 14.7. The summed E-state index contributed by atoms with van der Waals surface area (Å²) in [7, 11) is 0. The van der Waals surface area contributed by atoms with E-state index >= 15 is 0 Å². The highest BCUT2D eigenvalue weighted by molar-refractivity contribution is 6.23. The fraction of sp³-hybridized carbons (Fsp3) is 0.167. The molecule has 1 aromatic heterocycles. The highest BCUT2D eigenvalue weighted by atomic mass is 16.3. The van der Waals surface area contributed by atoms with Gasteiger partial charge >= 0.3 is 0 Å². The predicted molar refractivity (Wildman–Crippen MR) is 109 cm³/mol. The van der Waals surface area contributed by atoms with Crippen LogP contribution in [0.25, 0.3) is 43.5 Å². The molecule has 0 radical (unpaired) electrons. The van der Waals surface area contributed by atoms with Crippen molar-refractivity contribution in [3.05, 3.63) is 72.3 Å². The van der Waals surface area contributed by atoms with Gasteiger partial charge in [-0.25, -0.2) is 0 Å². The SMILES string of the molecule is CCCC(O)c1cc2ccccc2c2c1oc1c3ccccc3ccc12. The summed E-state index contributed by atoms with van der Waals surface area (Å²) in [6.07, 6.45) is 1.14. The first kappa shape index (κ1) is 15.4. The van der Waals surface area contributed by atoms with E-state index in [2.05, 4.69) is 55.5 Å². The molecule has 128 valence electrons. The van der Waals surface area contributed by atoms with Gasteiger partial charge in [0.1, 0.15) is 11.2 Å². The maximum absolute atomic E-state index is 10.8. The van der Waals surface area contributed by atoms with Crippen molar-refractivity contribution in [2.75, 3.05) is 0 Å². The van der Waals surface area contributed by atoms with E-state index in [1.807, 2.05) is 18.2 Å². The van der Waals surface area contributed by atoms with Gasteiger partial charge in [-0.1, -0.05) is 67.9 Å². The van der Waals surface area contributed by atoms with Crippen molar-refractivity contribution in [2.24, 2.45) is 0 Å². The van der Waals surface area contributed by atoms with Crippen molar-refractivity contribution in [2.45, 2.75) is 25.9 Å². The monoisotopic (exact) mass is 340 g/mol. The van der Waals surface area contributed by atoms with Gasteiger partial charge in [0.25, 0.3) is 0 Å². The molecule has 2 nitrogen and oxygen atoms in total. The molecule has 0 saturated heterocycles. The molecule has 0 spiro atoms. The zero-order chi connectivity index (χ0) is 17.7. The Balaban J connectivity index is 2.00. The summed E-state index contributed by atoms with van der Waals surface area (Å²) >= 11 is 0. The van der Waals surface area contributed by atoms with Crippen molar-refractivity contribution < 1.29 is 9.52 Å². The lowest BCUT2D eigenvalue weighted by Crippen LogP contribution is -1.97. The Bertz CT molecular complexity index is 1260. The molecule has 5 rings (SSSR count). The molecule has 0 bridgehead atoms. The summed E-state index contributed by atoms with van der Waals surface area (Å²) in [5, 5.41) is 17.6. The van der Waals surface area contributed by atoms with Crippen molar-refractivity contribution >= 4 is 43.5 Å². The molecule has 0 aliphatic heterocycles. The number of furan rings is 1. The second kappa shape index (κ2) is 5.86. The first-order valence-electron chi connectivity index (χ1n) is 9.21. The molecule has 1 unspecified atom stereocenters. The smallest absolute Gasteiger partial charge is 0.143 e. The maximum Gasteiger partial charge on any atom is 0.143 e. The van der Waals surface area contributed by atoms with Crippen molar-refractivity contribution in [3.63, 3.8) is 0 Å². The highest BCUT2D eigenvalue weighted by Gasteiger charge is 2.20. The van der Waals surface area contributed by atoms with Gasteiger partial charge in [-0.15, -0.1) is 0 Å². The molecule has 26 heavy (non-hydrogen) atoms. The van der Waals surface area contributed by atoms with Gasteiger partial charge in [0.2, 0.25) is 0 Å². The number of aliphatic hydroxyl groups excluding tert-OH is 1. The summed E-state index contributed by atoms with van der Waals surface area (Å²) < 4.78 is 6.41. The van der Waals surface area contributed by atoms with Crippen molar-refractivity contribution in [1.82, 2.24) is 0 Å². The van der Waals surface area contributed by atoms with E-state index < -0.39 is 6.10 Å². The molecular weight excluding hydrogens is 320 g/mol. The first-order chi connectivity index (χ1) is 12.8. The Morgan fingerprint density at radius 1 is 0.808 bits per heavy atom. The van der Waals surface area contributed by atoms with Gasteiger partial charge in [-0.05, 0) is 34.7 Å². The number of rotatable bonds is 3. The molecule has 0 amide bonds. The number of benzene rings is 4. The molecule has 4 aromatic carbocycles. The molecule has 0 saturated carbocycles. The maximum atomic E-state index is 10.8. The molecule has 1 atom stereocenters. The van der Waals surface area contributed by atoms with Crippen LogP contribution in [0.3, 0.4) is 0 Å². The van der Waals surface area contributed by atoms with Gasteiger partial charge in [0.05, 0.1) is 6.10 Å². The zero-order valence-corrected chi connectivity index (χ0v) is 14.7. The van der Waals surface area contributed by atoms with Crippen LogP contribution < -0.4 is 0 Å². The Morgan fingerprint density at radius 3 is 2.35 bits per heavy atom. The lowest BCUT2D eigenvalue weighted by Gasteiger charge is -2.12. The highest BCUT2D eigenvalue weighted by Crippen LogP contribution is 2.41. The van der Waals surface area contributed by atoms with E-state index in [1.54, 1.807) is 0 Å². The molecule has 1 N–H and O–H groups in total. The van der Waals surface area contributed by atoms with Gasteiger partial charge in [0.15, 0.2) is 0 Å². The Labute approximate surface area is 151 Å². The summed E-state index contributed by atoms with van der Waals surface area (Å²) in [6.45, 7) is 2.09. The van der Waals surface area contributed by atoms with Gasteiger partial charge in [-0.3, -0.25) is 0 Å². The molecule has 1 heterocycles. The molecular formula is C24H20O2. The van der Waals surface area contributed by atoms with E-state index in [-0.39, 0.29) is 0 Å². The van der Waals surface area contributed by atoms with Gasteiger partial charge in [0, 0.05) is 21.7 Å². The quantitative estimate of drug-likeness (QED) is 0.395. The van der Waals surface area contributed by atoms with E-state index in [1.165, 1.54) is 10.8 Å². The van der Waals surface area contributed by atoms with Crippen LogP contribution in [0.4, 0.5) is 0 Å². The third-order valence-electron chi connectivity index (χ3n) is 5.30. The fourth-order valence-electron chi connectivity index (χ4n) is 4.06. The number of fused-ring (bicyclic) bond motifs is 7. The van der Waals surface area contributed by atoms with Gasteiger partial charge < -0.3 is 9.52 Å². The molecule has 0 fully saturated rings. The van der Waals surface area contributed by atoms with Crippen molar-refractivity contribution in [3.8, 4) is 0 Å². The largest absolute Gasteiger partial charge is 0.455 e. The summed E-state index contributed by atoms with van der Waals surface area (Å²) in [4.78, 5) is 0. The number of hydrogen-bond acceptors (Lipinski definition) is 2. The minimum absolute atomic E-state index is 0.515. The lowest BCUT2D eigenvalue weighted by atomic mass is 9.95. The second-order valence-electron chi connectivity index (χ2n) is 6.96. The van der Waals surface area contributed by atoms with Gasteiger partial charge in [-0.2, -0.15) is 0 Å². The third-order valence-corrected chi connectivity index (χ3v) is 5.30. The van der Waals surface area contributed by atoms with Crippen LogP contribution in [0.5, 0.6) is 0 Å². The predicted octanol–water partition coefficient (Wildman–Crippen LogP) is 6.73. The summed E-state index contributed by atoms with van der Waals surface area (Å²) in [5.41, 5.74) is 2.61. The first-order valence-corrected chi connectivity index (χ1v) is 9.21. The van der Waals surface area contributed by atoms with Crippen LogP contribution in [-0.4, -0.2) is 5.11 Å². The number of hydrogen-bond donors (Lipinski definition) is 1. The van der Waals surface area contributed by atoms with E-state index in [0.29, 0.717) is 0 Å². The van der Waals surface area contributed by atoms with E-state index in [4.69, 9.17) is 4.42 Å².